The molecule has 92 valence electrons. The van der Waals surface area contributed by atoms with Crippen LogP contribution in [0.2, 0.25) is 0 Å². The van der Waals surface area contributed by atoms with Gasteiger partial charge in [-0.05, 0) is 18.9 Å². The minimum Gasteiger partial charge on any atom is -0.382 e. The van der Waals surface area contributed by atoms with Crippen LogP contribution in [-0.4, -0.2) is 20.5 Å². The molecule has 1 aromatic carbocycles. The van der Waals surface area contributed by atoms with Gasteiger partial charge in [-0.25, -0.2) is 0 Å². The molecule has 17 heavy (non-hydrogen) atoms. The Bertz CT molecular complexity index is 560. The van der Waals surface area contributed by atoms with Gasteiger partial charge < -0.3 is 4.18 Å². The quantitative estimate of drug-likeness (QED) is 0.771. The molecule has 5 heteroatoms. The first-order chi connectivity index (χ1) is 7.92. The molecule has 0 bridgehead atoms. The molecule has 0 saturated carbocycles. The summed E-state index contributed by atoms with van der Waals surface area (Å²) in [7, 11) is -3.55. The number of fused-ring (bicyclic) bond motifs is 1. The number of ketones is 1. The average molecular weight is 254 g/mol. The largest absolute Gasteiger partial charge is 0.382 e. The summed E-state index contributed by atoms with van der Waals surface area (Å²) in [6.07, 6.45) is 2.32. The molecule has 1 atom stereocenters. The summed E-state index contributed by atoms with van der Waals surface area (Å²) in [6.45, 7) is 1.95. The Balaban J connectivity index is 2.44. The van der Waals surface area contributed by atoms with Gasteiger partial charge in [0.1, 0.15) is 5.75 Å². The van der Waals surface area contributed by atoms with Gasteiger partial charge in [0.05, 0.1) is 6.26 Å². The molecular weight excluding hydrogens is 240 g/mol. The Hall–Kier alpha value is -1.36. The molecular formula is C12H14O4S. The van der Waals surface area contributed by atoms with Crippen molar-refractivity contribution >= 4 is 15.9 Å². The Morgan fingerprint density at radius 2 is 2.12 bits per heavy atom. The molecule has 0 aromatic heterocycles. The van der Waals surface area contributed by atoms with E-state index >= 15 is 0 Å². The minimum absolute atomic E-state index is 0.0469. The molecule has 1 aliphatic rings. The topological polar surface area (TPSA) is 60.4 Å². The number of hydrogen-bond donors (Lipinski definition) is 0. The predicted molar refractivity (Wildman–Crippen MR) is 63.7 cm³/mol. The van der Waals surface area contributed by atoms with Crippen molar-refractivity contribution in [2.75, 3.05) is 6.26 Å². The first-order valence-corrected chi connectivity index (χ1v) is 7.29. The van der Waals surface area contributed by atoms with E-state index in [1.54, 1.807) is 18.2 Å². The molecule has 0 aliphatic heterocycles. The molecule has 0 heterocycles. The van der Waals surface area contributed by atoms with E-state index in [1.807, 2.05) is 6.92 Å². The van der Waals surface area contributed by atoms with Gasteiger partial charge in [0, 0.05) is 17.0 Å². The van der Waals surface area contributed by atoms with Gasteiger partial charge >= 0.3 is 10.1 Å². The summed E-state index contributed by atoms with van der Waals surface area (Å²) in [5, 5.41) is 0. The predicted octanol–water partition coefficient (Wildman–Crippen LogP) is 1.79. The highest BCUT2D eigenvalue weighted by molar-refractivity contribution is 7.86. The lowest BCUT2D eigenvalue weighted by molar-refractivity contribution is 0.0934. The fraction of sp³-hybridized carbons (Fsp3) is 0.417. The van der Waals surface area contributed by atoms with E-state index in [2.05, 4.69) is 0 Å². The normalized spacial score (nSPS) is 19.2. The number of hydrogen-bond acceptors (Lipinski definition) is 4. The van der Waals surface area contributed by atoms with E-state index in [0.717, 1.165) is 18.2 Å². The summed E-state index contributed by atoms with van der Waals surface area (Å²) < 4.78 is 27.2. The number of benzene rings is 1. The van der Waals surface area contributed by atoms with Crippen LogP contribution < -0.4 is 4.18 Å². The van der Waals surface area contributed by atoms with Gasteiger partial charge in [-0.3, -0.25) is 4.79 Å². The second-order valence-corrected chi connectivity index (χ2v) is 5.82. The number of Topliss-reactive ketones (excluding diaryl/α,β-unsaturated/α-hetero) is 1. The van der Waals surface area contributed by atoms with Crippen LogP contribution in [0, 0.1) is 5.92 Å². The third-order valence-corrected chi connectivity index (χ3v) is 3.44. The van der Waals surface area contributed by atoms with E-state index in [4.69, 9.17) is 4.18 Å². The van der Waals surface area contributed by atoms with Crippen molar-refractivity contribution in [1.29, 1.82) is 0 Å². The maximum atomic E-state index is 11.9. The van der Waals surface area contributed by atoms with Gasteiger partial charge in [-0.1, -0.05) is 19.1 Å². The van der Waals surface area contributed by atoms with Crippen LogP contribution in [0.5, 0.6) is 5.75 Å². The number of carbonyl (C=O) groups is 1. The first kappa shape index (κ1) is 12.1. The zero-order chi connectivity index (χ0) is 12.6. The summed E-state index contributed by atoms with van der Waals surface area (Å²) in [5.41, 5.74) is 1.31. The van der Waals surface area contributed by atoms with Gasteiger partial charge in [-0.2, -0.15) is 8.42 Å². The van der Waals surface area contributed by atoms with Crippen molar-refractivity contribution in [2.24, 2.45) is 5.92 Å². The van der Waals surface area contributed by atoms with E-state index in [-0.39, 0.29) is 17.5 Å². The van der Waals surface area contributed by atoms with E-state index in [0.29, 0.717) is 12.0 Å². The second-order valence-electron chi connectivity index (χ2n) is 4.24. The zero-order valence-corrected chi connectivity index (χ0v) is 10.6. The molecule has 0 radical (unpaired) electrons. The SMILES string of the molecule is CCC1Cc2c(OS(C)(=O)=O)cccc2C1=O. The first-order valence-electron chi connectivity index (χ1n) is 5.48. The summed E-state index contributed by atoms with van der Waals surface area (Å²) in [5.74, 6) is 0.324. The lowest BCUT2D eigenvalue weighted by atomic mass is 10.0. The number of carbonyl (C=O) groups excluding carboxylic acids is 1. The van der Waals surface area contributed by atoms with E-state index in [1.165, 1.54) is 0 Å². The summed E-state index contributed by atoms with van der Waals surface area (Å²) in [6, 6.07) is 4.96. The van der Waals surface area contributed by atoms with E-state index < -0.39 is 10.1 Å². The molecule has 0 fully saturated rings. The summed E-state index contributed by atoms with van der Waals surface area (Å²) in [4.78, 5) is 11.9. The molecule has 4 nitrogen and oxygen atoms in total. The van der Waals surface area contributed by atoms with Crippen molar-refractivity contribution in [3.05, 3.63) is 29.3 Å². The summed E-state index contributed by atoms with van der Waals surface area (Å²) >= 11 is 0. The van der Waals surface area contributed by atoms with Gasteiger partial charge in [-0.15, -0.1) is 0 Å². The Labute approximate surface area is 101 Å². The highest BCUT2D eigenvalue weighted by Gasteiger charge is 2.31. The van der Waals surface area contributed by atoms with E-state index in [9.17, 15) is 13.2 Å². The van der Waals surface area contributed by atoms with Crippen molar-refractivity contribution in [1.82, 2.24) is 0 Å². The molecule has 2 rings (SSSR count). The molecule has 0 N–H and O–H groups in total. The fourth-order valence-electron chi connectivity index (χ4n) is 2.14. The van der Waals surface area contributed by atoms with Gasteiger partial charge in [0.25, 0.3) is 0 Å². The maximum absolute atomic E-state index is 11.9. The van der Waals surface area contributed by atoms with Crippen LogP contribution in [-0.2, 0) is 16.5 Å². The molecule has 1 aromatic rings. The highest BCUT2D eigenvalue weighted by Crippen LogP contribution is 2.35. The molecule has 0 spiro atoms. The molecule has 0 amide bonds. The van der Waals surface area contributed by atoms with Crippen LogP contribution in [0.3, 0.4) is 0 Å². The minimum atomic E-state index is -3.55. The third kappa shape index (κ3) is 2.34. The Kier molecular flexibility index (Phi) is 2.95. The second kappa shape index (κ2) is 4.14. The Morgan fingerprint density at radius 1 is 1.41 bits per heavy atom. The molecule has 0 saturated heterocycles. The molecule has 1 aliphatic carbocycles. The standard InChI is InChI=1S/C12H14O4S/c1-3-8-7-10-9(12(8)13)5-4-6-11(10)16-17(2,14)15/h4-6,8H,3,7H2,1-2H3. The van der Waals surface area contributed by atoms with Crippen LogP contribution >= 0.6 is 0 Å². The average Bonchev–Trinajstić information content (AvgIpc) is 2.55. The van der Waals surface area contributed by atoms with Crippen LogP contribution in [0.15, 0.2) is 18.2 Å². The van der Waals surface area contributed by atoms with Crippen LogP contribution in [0.4, 0.5) is 0 Å². The van der Waals surface area contributed by atoms with Crippen LogP contribution in [0.1, 0.15) is 29.3 Å². The van der Waals surface area contributed by atoms with Gasteiger partial charge in [0.2, 0.25) is 0 Å². The van der Waals surface area contributed by atoms with Crippen molar-refractivity contribution < 1.29 is 17.4 Å². The number of rotatable bonds is 3. The smallest absolute Gasteiger partial charge is 0.306 e. The lowest BCUT2D eigenvalue weighted by Gasteiger charge is -2.07. The van der Waals surface area contributed by atoms with Crippen molar-refractivity contribution in [2.45, 2.75) is 19.8 Å². The molecule has 1 unspecified atom stereocenters. The lowest BCUT2D eigenvalue weighted by Crippen LogP contribution is -2.07. The van der Waals surface area contributed by atoms with Crippen LogP contribution in [0.25, 0.3) is 0 Å². The zero-order valence-electron chi connectivity index (χ0n) is 9.76. The van der Waals surface area contributed by atoms with Crippen molar-refractivity contribution in [3.8, 4) is 5.75 Å². The highest BCUT2D eigenvalue weighted by atomic mass is 32.2. The van der Waals surface area contributed by atoms with Gasteiger partial charge in [0.15, 0.2) is 5.78 Å². The fourth-order valence-corrected chi connectivity index (χ4v) is 2.62. The van der Waals surface area contributed by atoms with Crippen molar-refractivity contribution in [3.63, 3.8) is 0 Å². The monoisotopic (exact) mass is 254 g/mol. The maximum Gasteiger partial charge on any atom is 0.306 e. The Morgan fingerprint density at radius 3 is 2.71 bits per heavy atom. The third-order valence-electron chi connectivity index (χ3n) is 2.95.